The van der Waals surface area contributed by atoms with Crippen molar-refractivity contribution in [1.29, 1.82) is 0 Å². The Hall–Kier alpha value is -2.29. The number of aryl methyl sites for hydroxylation is 2. The number of amides is 2. The molecule has 2 N–H and O–H groups in total. The summed E-state index contributed by atoms with van der Waals surface area (Å²) in [6, 6.07) is 16.6. The molecule has 3 heteroatoms. The van der Waals surface area contributed by atoms with Crippen molar-refractivity contribution >= 4 is 11.7 Å². The summed E-state index contributed by atoms with van der Waals surface area (Å²) in [4.78, 5) is 12.4. The van der Waals surface area contributed by atoms with E-state index in [1.54, 1.807) is 0 Å². The second-order valence-electron chi connectivity index (χ2n) is 6.66. The van der Waals surface area contributed by atoms with Gasteiger partial charge < -0.3 is 10.6 Å². The Morgan fingerprint density at radius 3 is 2.57 bits per heavy atom. The molecule has 1 unspecified atom stereocenters. The maximum atomic E-state index is 12.4. The number of rotatable bonds is 4. The van der Waals surface area contributed by atoms with Crippen molar-refractivity contribution in [3.63, 3.8) is 0 Å². The summed E-state index contributed by atoms with van der Waals surface area (Å²) in [7, 11) is 0. The van der Waals surface area contributed by atoms with Crippen LogP contribution in [0.25, 0.3) is 0 Å². The van der Waals surface area contributed by atoms with Gasteiger partial charge in [-0.3, -0.25) is 0 Å². The van der Waals surface area contributed by atoms with Crippen molar-refractivity contribution in [3.05, 3.63) is 65.2 Å². The molecule has 1 saturated carbocycles. The predicted octanol–water partition coefficient (Wildman–Crippen LogP) is 4.45. The number of carbonyl (C=O) groups is 1. The minimum absolute atomic E-state index is 0.108. The Kier molecular flexibility index (Phi) is 3.78. The van der Waals surface area contributed by atoms with Gasteiger partial charge in [0, 0.05) is 5.69 Å². The number of hydrogen-bond donors (Lipinski definition) is 2. The zero-order valence-electron chi connectivity index (χ0n) is 13.2. The molecule has 3 nitrogen and oxygen atoms in total. The third-order valence-electron chi connectivity index (χ3n) is 4.90. The highest BCUT2D eigenvalue weighted by molar-refractivity contribution is 5.89. The molecular weight excluding hydrogens is 284 g/mol. The van der Waals surface area contributed by atoms with E-state index >= 15 is 0 Å². The van der Waals surface area contributed by atoms with Gasteiger partial charge in [0.1, 0.15) is 0 Å². The summed E-state index contributed by atoms with van der Waals surface area (Å²) in [5.41, 5.74) is 4.89. The number of nitrogens with one attached hydrogen (secondary N) is 2. The quantitative estimate of drug-likeness (QED) is 0.861. The molecule has 0 saturated heterocycles. The van der Waals surface area contributed by atoms with Gasteiger partial charge in [0.15, 0.2) is 0 Å². The summed E-state index contributed by atoms with van der Waals surface area (Å²) in [5, 5.41) is 6.17. The van der Waals surface area contributed by atoms with E-state index in [4.69, 9.17) is 0 Å². The number of anilines is 1. The third kappa shape index (κ3) is 3.24. The fourth-order valence-corrected chi connectivity index (χ4v) is 3.52. The van der Waals surface area contributed by atoms with Crippen molar-refractivity contribution < 1.29 is 4.79 Å². The Morgan fingerprint density at radius 2 is 1.78 bits per heavy atom. The molecule has 2 amide bonds. The zero-order valence-corrected chi connectivity index (χ0v) is 13.2. The molecule has 2 aromatic carbocycles. The van der Waals surface area contributed by atoms with E-state index in [-0.39, 0.29) is 12.1 Å². The van der Waals surface area contributed by atoms with Gasteiger partial charge in [0.2, 0.25) is 0 Å². The van der Waals surface area contributed by atoms with Gasteiger partial charge in [0.25, 0.3) is 0 Å². The summed E-state index contributed by atoms with van der Waals surface area (Å²) in [6.07, 6.45) is 5.90. The van der Waals surface area contributed by atoms with Gasteiger partial charge in [-0.25, -0.2) is 4.79 Å². The Balaban J connectivity index is 1.44. The highest BCUT2D eigenvalue weighted by Crippen LogP contribution is 2.41. The molecule has 1 atom stereocenters. The highest BCUT2D eigenvalue weighted by atomic mass is 16.2. The minimum atomic E-state index is -0.108. The Bertz CT molecular complexity index is 707. The molecule has 2 aliphatic carbocycles. The summed E-state index contributed by atoms with van der Waals surface area (Å²) in [5.74, 6) is 0.572. The van der Waals surface area contributed by atoms with Crippen LogP contribution in [0.1, 0.15) is 42.0 Å². The van der Waals surface area contributed by atoms with Crippen molar-refractivity contribution in [2.24, 2.45) is 5.92 Å². The number of fused-ring (bicyclic) bond motifs is 1. The van der Waals surface area contributed by atoms with Crippen LogP contribution < -0.4 is 10.6 Å². The molecule has 0 aromatic heterocycles. The van der Waals surface area contributed by atoms with Crippen LogP contribution in [0.3, 0.4) is 0 Å². The summed E-state index contributed by atoms with van der Waals surface area (Å²) >= 11 is 0. The second-order valence-corrected chi connectivity index (χ2v) is 6.66. The molecule has 0 spiro atoms. The average molecular weight is 306 g/mol. The van der Waals surface area contributed by atoms with E-state index in [1.807, 2.05) is 24.3 Å². The van der Waals surface area contributed by atoms with E-state index in [0.29, 0.717) is 5.92 Å². The van der Waals surface area contributed by atoms with Gasteiger partial charge >= 0.3 is 6.03 Å². The van der Waals surface area contributed by atoms with E-state index < -0.39 is 0 Å². The maximum Gasteiger partial charge on any atom is 0.319 e. The van der Waals surface area contributed by atoms with Gasteiger partial charge in [-0.05, 0) is 66.8 Å². The van der Waals surface area contributed by atoms with Gasteiger partial charge in [-0.15, -0.1) is 0 Å². The topological polar surface area (TPSA) is 41.1 Å². The fraction of sp³-hybridized carbons (Fsp3) is 0.350. The molecule has 1 fully saturated rings. The van der Waals surface area contributed by atoms with Crippen LogP contribution in [0.5, 0.6) is 0 Å². The van der Waals surface area contributed by atoms with Crippen LogP contribution in [0.4, 0.5) is 10.5 Å². The van der Waals surface area contributed by atoms with E-state index in [0.717, 1.165) is 12.1 Å². The second kappa shape index (κ2) is 6.07. The lowest BCUT2D eigenvalue weighted by Crippen LogP contribution is -2.33. The molecular formula is C20H22N2O. The van der Waals surface area contributed by atoms with Crippen LogP contribution in [-0.2, 0) is 12.8 Å². The molecule has 23 heavy (non-hydrogen) atoms. The van der Waals surface area contributed by atoms with Gasteiger partial charge in [-0.2, -0.15) is 0 Å². The third-order valence-corrected chi connectivity index (χ3v) is 4.90. The Morgan fingerprint density at radius 1 is 1.00 bits per heavy atom. The van der Waals surface area contributed by atoms with E-state index in [2.05, 4.69) is 34.9 Å². The average Bonchev–Trinajstić information content (AvgIpc) is 3.31. The zero-order chi connectivity index (χ0) is 15.6. The monoisotopic (exact) mass is 306 g/mol. The normalized spacial score (nSPS) is 17.4. The first-order chi connectivity index (χ1) is 11.3. The Labute approximate surface area is 137 Å². The lowest BCUT2D eigenvalue weighted by molar-refractivity contribution is 0.247. The van der Waals surface area contributed by atoms with Gasteiger partial charge in [-0.1, -0.05) is 36.4 Å². The highest BCUT2D eigenvalue weighted by Gasteiger charge is 2.33. The molecule has 0 radical (unpaired) electrons. The van der Waals surface area contributed by atoms with Crippen LogP contribution in [0, 0.1) is 5.92 Å². The number of benzene rings is 2. The number of hydrogen-bond acceptors (Lipinski definition) is 1. The summed E-state index contributed by atoms with van der Waals surface area (Å²) < 4.78 is 0. The summed E-state index contributed by atoms with van der Waals surface area (Å²) in [6.45, 7) is 0. The predicted molar refractivity (Wildman–Crippen MR) is 92.5 cm³/mol. The number of carbonyl (C=O) groups excluding carboxylic acids is 1. The first kappa shape index (κ1) is 14.3. The fourth-order valence-electron chi connectivity index (χ4n) is 3.52. The molecule has 0 heterocycles. The van der Waals surface area contributed by atoms with E-state index in [9.17, 15) is 4.79 Å². The van der Waals surface area contributed by atoms with Crippen LogP contribution in [0.15, 0.2) is 48.5 Å². The van der Waals surface area contributed by atoms with Crippen LogP contribution >= 0.6 is 0 Å². The molecule has 2 aromatic rings. The largest absolute Gasteiger partial charge is 0.331 e. The SMILES string of the molecule is O=C(Nc1ccc2c(c1)CCC2)NC(c1ccccc1)C1CC1. The first-order valence-electron chi connectivity index (χ1n) is 8.54. The molecule has 118 valence electrons. The smallest absolute Gasteiger partial charge is 0.319 e. The maximum absolute atomic E-state index is 12.4. The molecule has 0 aliphatic heterocycles. The van der Waals surface area contributed by atoms with E-state index in [1.165, 1.54) is 42.4 Å². The van der Waals surface area contributed by atoms with Crippen molar-refractivity contribution in [1.82, 2.24) is 5.32 Å². The van der Waals surface area contributed by atoms with Crippen molar-refractivity contribution in [3.8, 4) is 0 Å². The van der Waals surface area contributed by atoms with Gasteiger partial charge in [0.05, 0.1) is 6.04 Å². The number of urea groups is 1. The van der Waals surface area contributed by atoms with Crippen molar-refractivity contribution in [2.45, 2.75) is 38.1 Å². The van der Waals surface area contributed by atoms with Crippen molar-refractivity contribution in [2.75, 3.05) is 5.32 Å². The lowest BCUT2D eigenvalue weighted by atomic mass is 10.0. The van der Waals surface area contributed by atoms with Crippen LogP contribution in [-0.4, -0.2) is 6.03 Å². The standard InChI is InChI=1S/C20H22N2O/c23-20(21-18-12-11-14-7-4-8-17(14)13-18)22-19(16-9-10-16)15-5-2-1-3-6-15/h1-3,5-6,11-13,16,19H,4,7-10H2,(H2,21,22,23). The minimum Gasteiger partial charge on any atom is -0.331 e. The molecule has 0 bridgehead atoms. The lowest BCUT2D eigenvalue weighted by Gasteiger charge is -2.19. The molecule has 4 rings (SSSR count). The molecule has 2 aliphatic rings. The first-order valence-corrected chi connectivity index (χ1v) is 8.54. The van der Waals surface area contributed by atoms with Crippen LogP contribution in [0.2, 0.25) is 0 Å².